The van der Waals surface area contributed by atoms with E-state index in [1.165, 1.54) is 13.0 Å². The number of hydrogen-bond donors (Lipinski definition) is 2. The Hall–Kier alpha value is -2.59. The van der Waals surface area contributed by atoms with Crippen molar-refractivity contribution in [2.75, 3.05) is 33.3 Å². The maximum atomic E-state index is 13.9. The van der Waals surface area contributed by atoms with Crippen molar-refractivity contribution in [2.45, 2.75) is 64.7 Å². The van der Waals surface area contributed by atoms with Gasteiger partial charge in [0.1, 0.15) is 12.0 Å². The molecule has 36 heavy (non-hydrogen) atoms. The summed E-state index contributed by atoms with van der Waals surface area (Å²) in [5, 5.41) is 6.28. The molecule has 0 unspecified atom stereocenters. The van der Waals surface area contributed by atoms with Crippen LogP contribution in [0, 0.1) is 23.0 Å². The summed E-state index contributed by atoms with van der Waals surface area (Å²) in [5.74, 6) is -2.13. The summed E-state index contributed by atoms with van der Waals surface area (Å²) in [6, 6.07) is 2.39. The number of rotatable bonds is 9. The zero-order chi connectivity index (χ0) is 26.8. The van der Waals surface area contributed by atoms with Crippen LogP contribution >= 0.6 is 0 Å². The molecule has 2 aliphatic rings. The number of ether oxygens (including phenoxy) is 1. The minimum absolute atomic E-state index is 0.0732. The fraction of sp³-hybridized carbons (Fsp3) is 0.654. The summed E-state index contributed by atoms with van der Waals surface area (Å²) >= 11 is 0. The highest BCUT2D eigenvalue weighted by molar-refractivity contribution is 5.84. The van der Waals surface area contributed by atoms with Crippen molar-refractivity contribution in [3.8, 4) is 5.75 Å². The molecule has 0 saturated carbocycles. The van der Waals surface area contributed by atoms with E-state index in [0.717, 1.165) is 18.4 Å². The molecule has 0 aliphatic carbocycles. The molecule has 0 bridgehead atoms. The molecule has 0 radical (unpaired) electrons. The lowest BCUT2D eigenvalue weighted by atomic mass is 9.84. The molecule has 200 valence electrons. The number of likely N-dealkylation sites (N-methyl/N-ethyl adjacent to an activating group) is 1. The molecule has 2 fully saturated rings. The standard InChI is InChI=1S/C26H38F2N4O4/c1-16(34)32-12-17(13-36-18-7-8-19(27)20(28)11-18)22-21(32)9-10-31(22)24(35)23(25(2,3)4)30-14-26(5,15-33)29-6/h7-8,11,15,17,21-23,29-30H,9-10,12-14H2,1-6H3/t17-,21-,22-,23-,26-/m1/s1. The number of carbonyl (C=O) groups is 3. The average molecular weight is 509 g/mol. The third-order valence-electron chi connectivity index (χ3n) is 7.39. The van der Waals surface area contributed by atoms with Gasteiger partial charge in [0.15, 0.2) is 11.6 Å². The van der Waals surface area contributed by atoms with E-state index in [1.54, 1.807) is 18.9 Å². The second kappa shape index (κ2) is 10.8. The molecule has 0 spiro atoms. The van der Waals surface area contributed by atoms with Crippen LogP contribution in [0.25, 0.3) is 0 Å². The molecule has 2 heterocycles. The summed E-state index contributed by atoms with van der Waals surface area (Å²) in [6.07, 6.45) is 1.47. The SMILES string of the molecule is CN[C@@](C)(C=O)CN[C@H](C(=O)N1CC[C@@H]2[C@H]1[C@@H](COc1ccc(F)c(F)c1)CN2C(C)=O)C(C)(C)C. The fourth-order valence-electron chi connectivity index (χ4n) is 5.18. The van der Waals surface area contributed by atoms with Crippen molar-refractivity contribution in [2.24, 2.45) is 11.3 Å². The molecule has 3 rings (SSSR count). The molecule has 2 amide bonds. The number of nitrogens with zero attached hydrogens (tertiary/aromatic N) is 2. The van der Waals surface area contributed by atoms with Gasteiger partial charge in [0.05, 0.1) is 30.3 Å². The number of benzene rings is 1. The highest BCUT2D eigenvalue weighted by Crippen LogP contribution is 2.37. The van der Waals surface area contributed by atoms with Crippen LogP contribution in [0.4, 0.5) is 8.78 Å². The van der Waals surface area contributed by atoms with Gasteiger partial charge in [0.2, 0.25) is 11.8 Å². The Morgan fingerprint density at radius 3 is 2.44 bits per heavy atom. The third-order valence-corrected chi connectivity index (χ3v) is 7.39. The number of aldehydes is 1. The van der Waals surface area contributed by atoms with Crippen LogP contribution in [0.3, 0.4) is 0 Å². The molecule has 2 aliphatic heterocycles. The Kier molecular flexibility index (Phi) is 8.40. The van der Waals surface area contributed by atoms with Crippen LogP contribution in [-0.4, -0.2) is 84.9 Å². The number of halogens is 2. The van der Waals surface area contributed by atoms with Crippen LogP contribution in [0.2, 0.25) is 0 Å². The molecule has 8 nitrogen and oxygen atoms in total. The van der Waals surface area contributed by atoms with E-state index in [-0.39, 0.29) is 48.7 Å². The first kappa shape index (κ1) is 28.0. The minimum Gasteiger partial charge on any atom is -0.493 e. The van der Waals surface area contributed by atoms with Gasteiger partial charge in [-0.05, 0) is 37.9 Å². The molecule has 2 N–H and O–H groups in total. The van der Waals surface area contributed by atoms with Crippen molar-refractivity contribution >= 4 is 18.1 Å². The topological polar surface area (TPSA) is 91.0 Å². The lowest BCUT2D eigenvalue weighted by Gasteiger charge is -2.38. The molecular formula is C26H38F2N4O4. The first-order valence-corrected chi connectivity index (χ1v) is 12.4. The Bertz CT molecular complexity index is 985. The Morgan fingerprint density at radius 1 is 1.19 bits per heavy atom. The largest absolute Gasteiger partial charge is 0.493 e. The predicted molar refractivity (Wildman–Crippen MR) is 131 cm³/mol. The zero-order valence-corrected chi connectivity index (χ0v) is 21.9. The third kappa shape index (κ3) is 5.86. The van der Waals surface area contributed by atoms with E-state index in [2.05, 4.69) is 10.6 Å². The quantitative estimate of drug-likeness (QED) is 0.496. The normalized spacial score (nSPS) is 24.3. The van der Waals surface area contributed by atoms with Gasteiger partial charge in [0, 0.05) is 38.5 Å². The van der Waals surface area contributed by atoms with Crippen molar-refractivity contribution < 1.29 is 27.9 Å². The number of fused-ring (bicyclic) bond motifs is 1. The van der Waals surface area contributed by atoms with Gasteiger partial charge in [-0.2, -0.15) is 0 Å². The zero-order valence-electron chi connectivity index (χ0n) is 21.9. The maximum absolute atomic E-state index is 13.9. The van der Waals surface area contributed by atoms with E-state index < -0.39 is 28.6 Å². The lowest BCUT2D eigenvalue weighted by Crippen LogP contribution is -2.60. The van der Waals surface area contributed by atoms with E-state index >= 15 is 0 Å². The van der Waals surface area contributed by atoms with Gasteiger partial charge >= 0.3 is 0 Å². The first-order chi connectivity index (χ1) is 16.8. The second-order valence-electron chi connectivity index (χ2n) is 11.2. The summed E-state index contributed by atoms with van der Waals surface area (Å²) in [6.45, 7) is 10.5. The van der Waals surface area contributed by atoms with Crippen LogP contribution in [0.15, 0.2) is 18.2 Å². The number of amides is 2. The highest BCUT2D eigenvalue weighted by atomic mass is 19.2. The highest BCUT2D eigenvalue weighted by Gasteiger charge is 2.53. The number of hydrogen-bond acceptors (Lipinski definition) is 6. The van der Waals surface area contributed by atoms with E-state index in [4.69, 9.17) is 4.74 Å². The summed E-state index contributed by atoms with van der Waals surface area (Å²) in [5.41, 5.74) is -1.26. The number of likely N-dealkylation sites (tertiary alicyclic amines) is 2. The maximum Gasteiger partial charge on any atom is 0.240 e. The van der Waals surface area contributed by atoms with Crippen LogP contribution in [0.5, 0.6) is 5.75 Å². The molecule has 1 aromatic rings. The minimum atomic E-state index is -0.997. The lowest BCUT2D eigenvalue weighted by molar-refractivity contribution is -0.138. The van der Waals surface area contributed by atoms with Crippen molar-refractivity contribution in [1.29, 1.82) is 0 Å². The molecule has 10 heteroatoms. The van der Waals surface area contributed by atoms with E-state index in [0.29, 0.717) is 19.5 Å². The number of carbonyl (C=O) groups excluding carboxylic acids is 3. The predicted octanol–water partition coefficient (Wildman–Crippen LogP) is 1.97. The van der Waals surface area contributed by atoms with E-state index in [9.17, 15) is 23.2 Å². The molecule has 1 aromatic carbocycles. The van der Waals surface area contributed by atoms with Crippen LogP contribution in [-0.2, 0) is 14.4 Å². The van der Waals surface area contributed by atoms with Gasteiger partial charge in [-0.3, -0.25) is 9.59 Å². The summed E-state index contributed by atoms with van der Waals surface area (Å²) in [7, 11) is 1.70. The van der Waals surface area contributed by atoms with Gasteiger partial charge in [-0.15, -0.1) is 0 Å². The molecular weight excluding hydrogens is 470 g/mol. The first-order valence-electron chi connectivity index (χ1n) is 12.4. The van der Waals surface area contributed by atoms with Gasteiger partial charge in [0.25, 0.3) is 0 Å². The van der Waals surface area contributed by atoms with Crippen LogP contribution < -0.4 is 15.4 Å². The van der Waals surface area contributed by atoms with Gasteiger partial charge < -0.3 is 30.0 Å². The Balaban J connectivity index is 1.82. The average Bonchev–Trinajstić information content (AvgIpc) is 3.39. The van der Waals surface area contributed by atoms with Crippen molar-refractivity contribution in [3.05, 3.63) is 29.8 Å². The van der Waals surface area contributed by atoms with Crippen LogP contribution in [0.1, 0.15) is 41.0 Å². The monoisotopic (exact) mass is 508 g/mol. The summed E-state index contributed by atoms with van der Waals surface area (Å²) in [4.78, 5) is 41.5. The van der Waals surface area contributed by atoms with Crippen molar-refractivity contribution in [3.63, 3.8) is 0 Å². The Labute approximate surface area is 211 Å². The Morgan fingerprint density at radius 2 is 1.89 bits per heavy atom. The fourth-order valence-corrected chi connectivity index (χ4v) is 5.18. The van der Waals surface area contributed by atoms with Crippen molar-refractivity contribution in [1.82, 2.24) is 20.4 Å². The second-order valence-corrected chi connectivity index (χ2v) is 11.2. The molecule has 5 atom stereocenters. The smallest absolute Gasteiger partial charge is 0.240 e. The number of nitrogens with one attached hydrogen (secondary N) is 2. The molecule has 2 saturated heterocycles. The molecule has 0 aromatic heterocycles. The van der Waals surface area contributed by atoms with E-state index in [1.807, 2.05) is 25.7 Å². The van der Waals surface area contributed by atoms with Gasteiger partial charge in [-0.25, -0.2) is 8.78 Å². The van der Waals surface area contributed by atoms with Gasteiger partial charge in [-0.1, -0.05) is 20.8 Å². The summed E-state index contributed by atoms with van der Waals surface area (Å²) < 4.78 is 32.7.